The second-order valence-corrected chi connectivity index (χ2v) is 4.28. The molecule has 82 valence electrons. The van der Waals surface area contributed by atoms with E-state index in [4.69, 9.17) is 0 Å². The summed E-state index contributed by atoms with van der Waals surface area (Å²) in [6.45, 7) is 8.28. The lowest BCUT2D eigenvalue weighted by atomic mass is 10.2. The maximum absolute atomic E-state index is 11.8. The van der Waals surface area contributed by atoms with Gasteiger partial charge in [-0.2, -0.15) is 5.10 Å². The number of carbonyl (C=O) groups is 1. The fourth-order valence-corrected chi connectivity index (χ4v) is 2.00. The van der Waals surface area contributed by atoms with E-state index in [1.54, 1.807) is 0 Å². The van der Waals surface area contributed by atoms with Crippen LogP contribution in [0.25, 0.3) is 0 Å². The highest BCUT2D eigenvalue weighted by atomic mass is 16.2. The minimum atomic E-state index is 0.0806. The second-order valence-electron chi connectivity index (χ2n) is 4.28. The van der Waals surface area contributed by atoms with Crippen LogP contribution in [0.3, 0.4) is 0 Å². The lowest BCUT2D eigenvalue weighted by Gasteiger charge is -2.18. The molecular formula is C11H17N3O. The van der Waals surface area contributed by atoms with Gasteiger partial charge in [-0.15, -0.1) is 0 Å². The number of hydrogen-bond acceptors (Lipinski definition) is 2. The summed E-state index contributed by atoms with van der Waals surface area (Å²) >= 11 is 0. The van der Waals surface area contributed by atoms with Crippen LogP contribution >= 0.6 is 0 Å². The third kappa shape index (κ3) is 1.64. The van der Waals surface area contributed by atoms with Gasteiger partial charge in [-0.05, 0) is 6.92 Å². The zero-order valence-corrected chi connectivity index (χ0v) is 9.53. The fraction of sp³-hybridized carbons (Fsp3) is 0.636. The van der Waals surface area contributed by atoms with Gasteiger partial charge in [0.1, 0.15) is 0 Å². The number of nitrogens with zero attached hydrogens (tertiary/aromatic N) is 3. The number of carbonyl (C=O) groups excluding carboxylic acids is 1. The topological polar surface area (TPSA) is 38.1 Å². The molecule has 0 bridgehead atoms. The fourth-order valence-electron chi connectivity index (χ4n) is 2.00. The van der Waals surface area contributed by atoms with E-state index in [2.05, 4.69) is 12.0 Å². The largest absolute Gasteiger partial charge is 0.332 e. The van der Waals surface area contributed by atoms with E-state index in [0.29, 0.717) is 0 Å². The summed E-state index contributed by atoms with van der Waals surface area (Å²) in [4.78, 5) is 13.7. The van der Waals surface area contributed by atoms with Crippen LogP contribution in [-0.4, -0.2) is 20.6 Å². The predicted molar refractivity (Wildman–Crippen MR) is 57.0 cm³/mol. The lowest BCUT2D eigenvalue weighted by Crippen LogP contribution is -2.29. The Morgan fingerprint density at radius 1 is 1.53 bits per heavy atom. The maximum Gasteiger partial charge on any atom is 0.225 e. The molecule has 0 aliphatic carbocycles. The minimum Gasteiger partial charge on any atom is -0.332 e. The van der Waals surface area contributed by atoms with E-state index in [0.717, 1.165) is 19.6 Å². The van der Waals surface area contributed by atoms with E-state index in [1.165, 1.54) is 11.3 Å². The molecule has 15 heavy (non-hydrogen) atoms. The molecule has 2 rings (SSSR count). The van der Waals surface area contributed by atoms with Crippen LogP contribution in [0.2, 0.25) is 0 Å². The van der Waals surface area contributed by atoms with Gasteiger partial charge in [-0.25, -0.2) is 0 Å². The number of aromatic nitrogens is 2. The van der Waals surface area contributed by atoms with Crippen LogP contribution in [0.4, 0.5) is 0 Å². The van der Waals surface area contributed by atoms with Crippen molar-refractivity contribution in [1.82, 2.24) is 14.7 Å². The summed E-state index contributed by atoms with van der Waals surface area (Å²) in [6.07, 6.45) is 1.88. The first kappa shape index (κ1) is 10.2. The van der Waals surface area contributed by atoms with Gasteiger partial charge in [0.2, 0.25) is 5.91 Å². The van der Waals surface area contributed by atoms with Crippen molar-refractivity contribution in [3.8, 4) is 0 Å². The molecule has 0 N–H and O–H groups in total. The Bertz CT molecular complexity index is 381. The highest BCUT2D eigenvalue weighted by Crippen LogP contribution is 2.23. The zero-order valence-electron chi connectivity index (χ0n) is 9.53. The maximum atomic E-state index is 11.8. The van der Waals surface area contributed by atoms with Crippen molar-refractivity contribution in [3.05, 3.63) is 17.5 Å². The average Bonchev–Trinajstić information content (AvgIpc) is 2.74. The third-order valence-electron chi connectivity index (χ3n) is 2.84. The number of fused-ring (bicyclic) bond motifs is 1. The van der Waals surface area contributed by atoms with Crippen molar-refractivity contribution in [1.29, 1.82) is 0 Å². The summed E-state index contributed by atoms with van der Waals surface area (Å²) in [5.74, 6) is 0.311. The monoisotopic (exact) mass is 207 g/mol. The summed E-state index contributed by atoms with van der Waals surface area (Å²) in [6, 6.07) is 0. The first-order valence-corrected chi connectivity index (χ1v) is 5.45. The second kappa shape index (κ2) is 3.68. The van der Waals surface area contributed by atoms with Crippen molar-refractivity contribution in [2.45, 2.75) is 40.4 Å². The van der Waals surface area contributed by atoms with Gasteiger partial charge < -0.3 is 4.90 Å². The highest BCUT2D eigenvalue weighted by Gasteiger charge is 2.27. The van der Waals surface area contributed by atoms with Crippen molar-refractivity contribution < 1.29 is 4.79 Å². The van der Waals surface area contributed by atoms with Gasteiger partial charge in [0.25, 0.3) is 0 Å². The highest BCUT2D eigenvalue weighted by molar-refractivity contribution is 5.78. The molecule has 1 aromatic rings. The molecule has 1 aliphatic rings. The summed E-state index contributed by atoms with van der Waals surface area (Å²) in [5.41, 5.74) is 2.40. The first-order chi connectivity index (χ1) is 7.13. The van der Waals surface area contributed by atoms with Crippen LogP contribution in [-0.2, 0) is 24.4 Å². The van der Waals surface area contributed by atoms with Gasteiger partial charge in [0, 0.05) is 24.6 Å². The van der Waals surface area contributed by atoms with E-state index >= 15 is 0 Å². The van der Waals surface area contributed by atoms with Gasteiger partial charge in [0.05, 0.1) is 18.4 Å². The lowest BCUT2D eigenvalue weighted by molar-refractivity contribution is -0.135. The summed E-state index contributed by atoms with van der Waals surface area (Å²) in [7, 11) is 0. The van der Waals surface area contributed by atoms with Crippen molar-refractivity contribution in [2.24, 2.45) is 5.92 Å². The molecule has 1 aromatic heterocycles. The Morgan fingerprint density at radius 3 is 2.87 bits per heavy atom. The Morgan fingerprint density at radius 2 is 2.27 bits per heavy atom. The van der Waals surface area contributed by atoms with Gasteiger partial charge >= 0.3 is 0 Å². The average molecular weight is 207 g/mol. The molecular weight excluding hydrogens is 190 g/mol. The molecule has 1 amide bonds. The van der Waals surface area contributed by atoms with Crippen molar-refractivity contribution in [3.63, 3.8) is 0 Å². The molecule has 0 fully saturated rings. The first-order valence-electron chi connectivity index (χ1n) is 5.45. The number of rotatable bonds is 2. The molecule has 0 spiro atoms. The molecule has 2 heterocycles. The van der Waals surface area contributed by atoms with E-state index < -0.39 is 0 Å². The van der Waals surface area contributed by atoms with E-state index in [1.807, 2.05) is 29.6 Å². The number of aryl methyl sites for hydroxylation is 1. The quantitative estimate of drug-likeness (QED) is 0.735. The van der Waals surface area contributed by atoms with Crippen LogP contribution in [0.5, 0.6) is 0 Å². The number of amides is 1. The Hall–Kier alpha value is -1.32. The van der Waals surface area contributed by atoms with Gasteiger partial charge in [-0.3, -0.25) is 9.48 Å². The standard InChI is InChI=1S/C11H17N3O/c1-4-14-10-7-13(11(15)8(2)3)6-9(10)5-12-14/h5,8H,4,6-7H2,1-3H3. The Balaban J connectivity index is 2.16. The molecule has 0 aromatic carbocycles. The van der Waals surface area contributed by atoms with Crippen LogP contribution in [0, 0.1) is 5.92 Å². The van der Waals surface area contributed by atoms with Crippen LogP contribution < -0.4 is 0 Å². The van der Waals surface area contributed by atoms with E-state index in [-0.39, 0.29) is 11.8 Å². The van der Waals surface area contributed by atoms with Crippen LogP contribution in [0.15, 0.2) is 6.20 Å². The molecule has 0 saturated heterocycles. The molecule has 0 atom stereocenters. The van der Waals surface area contributed by atoms with Crippen molar-refractivity contribution >= 4 is 5.91 Å². The summed E-state index contributed by atoms with van der Waals surface area (Å²) < 4.78 is 1.98. The van der Waals surface area contributed by atoms with Crippen molar-refractivity contribution in [2.75, 3.05) is 0 Å². The zero-order chi connectivity index (χ0) is 11.0. The Labute approximate surface area is 89.9 Å². The predicted octanol–water partition coefficient (Wildman–Crippen LogP) is 1.40. The molecule has 1 aliphatic heterocycles. The smallest absolute Gasteiger partial charge is 0.225 e. The molecule has 0 saturated carbocycles. The molecule has 0 unspecified atom stereocenters. The van der Waals surface area contributed by atoms with E-state index in [9.17, 15) is 4.79 Å². The Kier molecular flexibility index (Phi) is 2.50. The summed E-state index contributed by atoms with van der Waals surface area (Å²) in [5, 5.41) is 4.27. The molecule has 0 radical (unpaired) electrons. The SMILES string of the molecule is CCn1ncc2c1CN(C(=O)C(C)C)C2. The number of hydrogen-bond donors (Lipinski definition) is 0. The minimum absolute atomic E-state index is 0.0806. The molecule has 4 heteroatoms. The third-order valence-corrected chi connectivity index (χ3v) is 2.84. The van der Waals surface area contributed by atoms with Gasteiger partial charge in [-0.1, -0.05) is 13.8 Å². The van der Waals surface area contributed by atoms with Crippen LogP contribution in [0.1, 0.15) is 32.0 Å². The normalized spacial score (nSPS) is 14.8. The molecule has 4 nitrogen and oxygen atoms in total. The van der Waals surface area contributed by atoms with Gasteiger partial charge in [0.15, 0.2) is 0 Å².